The topological polar surface area (TPSA) is 27.0 Å². The molecule has 0 radical (unpaired) electrons. The Morgan fingerprint density at radius 2 is 2.00 bits per heavy atom. The Balaban J connectivity index is 0.00000180. The predicted octanol–water partition coefficient (Wildman–Crippen LogP) is -0.821. The smallest absolute Gasteiger partial charge is 0.0963 e. The standard InChI is InChI=1S/C15H22N3.HI/c1-14-5-3-6-15(13-14)17-8-11-18(2,12-9-17)10-4-7-16;/h3,5-6,13H,4,8-12H2,1-2H3;1H/q+1;/p-1. The van der Waals surface area contributed by atoms with Crippen molar-refractivity contribution < 1.29 is 28.5 Å². The van der Waals surface area contributed by atoms with Crippen LogP contribution in [0.3, 0.4) is 0 Å². The fourth-order valence-corrected chi connectivity index (χ4v) is 2.57. The van der Waals surface area contributed by atoms with E-state index in [0.717, 1.165) is 37.2 Å². The van der Waals surface area contributed by atoms with Crippen molar-refractivity contribution in [1.29, 1.82) is 5.26 Å². The van der Waals surface area contributed by atoms with Gasteiger partial charge in [0.1, 0.15) is 0 Å². The van der Waals surface area contributed by atoms with E-state index in [9.17, 15) is 0 Å². The van der Waals surface area contributed by atoms with Gasteiger partial charge in [-0.25, -0.2) is 0 Å². The summed E-state index contributed by atoms with van der Waals surface area (Å²) in [6, 6.07) is 11.0. The van der Waals surface area contributed by atoms with Crippen molar-refractivity contribution in [2.24, 2.45) is 0 Å². The molecule has 4 heteroatoms. The minimum Gasteiger partial charge on any atom is -1.00 e. The van der Waals surface area contributed by atoms with Crippen molar-refractivity contribution in [1.82, 2.24) is 0 Å². The van der Waals surface area contributed by atoms with E-state index < -0.39 is 0 Å². The molecule has 1 aromatic rings. The number of hydrogen-bond donors (Lipinski definition) is 0. The molecule has 1 fully saturated rings. The fraction of sp³-hybridized carbons (Fsp3) is 0.533. The highest BCUT2D eigenvalue weighted by atomic mass is 127. The molecule has 0 N–H and O–H groups in total. The summed E-state index contributed by atoms with van der Waals surface area (Å²) >= 11 is 0. The van der Waals surface area contributed by atoms with Crippen molar-refractivity contribution in [2.75, 3.05) is 44.7 Å². The quantitative estimate of drug-likeness (QED) is 0.513. The number of aryl methyl sites for hydroxylation is 1. The van der Waals surface area contributed by atoms with Gasteiger partial charge in [0, 0.05) is 5.69 Å². The van der Waals surface area contributed by atoms with Crippen LogP contribution in [0.15, 0.2) is 24.3 Å². The van der Waals surface area contributed by atoms with E-state index in [2.05, 4.69) is 49.2 Å². The molecule has 0 atom stereocenters. The predicted molar refractivity (Wildman–Crippen MR) is 74.4 cm³/mol. The number of piperazine rings is 1. The number of rotatable bonds is 3. The Morgan fingerprint density at radius 3 is 2.58 bits per heavy atom. The monoisotopic (exact) mass is 371 g/mol. The molecule has 0 amide bonds. The molecule has 3 nitrogen and oxygen atoms in total. The Morgan fingerprint density at radius 1 is 1.32 bits per heavy atom. The molecule has 1 aliphatic heterocycles. The molecule has 104 valence electrons. The van der Waals surface area contributed by atoms with Crippen LogP contribution in [0.2, 0.25) is 0 Å². The summed E-state index contributed by atoms with van der Waals surface area (Å²) in [7, 11) is 2.27. The van der Waals surface area contributed by atoms with Crippen molar-refractivity contribution >= 4 is 5.69 Å². The van der Waals surface area contributed by atoms with Crippen molar-refractivity contribution in [2.45, 2.75) is 13.3 Å². The lowest BCUT2D eigenvalue weighted by Crippen LogP contribution is -3.00. The van der Waals surface area contributed by atoms with Crippen LogP contribution in [0.1, 0.15) is 12.0 Å². The van der Waals surface area contributed by atoms with E-state index in [-0.39, 0.29) is 24.0 Å². The number of halogens is 1. The minimum absolute atomic E-state index is 0. The number of nitriles is 1. The van der Waals surface area contributed by atoms with Crippen LogP contribution < -0.4 is 28.9 Å². The van der Waals surface area contributed by atoms with E-state index in [4.69, 9.17) is 5.26 Å². The molecule has 19 heavy (non-hydrogen) atoms. The second kappa shape index (κ2) is 7.11. The highest BCUT2D eigenvalue weighted by molar-refractivity contribution is 5.48. The van der Waals surface area contributed by atoms with Gasteiger partial charge in [-0.15, -0.1) is 0 Å². The average Bonchev–Trinajstić information content (AvgIpc) is 2.37. The van der Waals surface area contributed by atoms with Crippen LogP contribution in [0.25, 0.3) is 0 Å². The summed E-state index contributed by atoms with van der Waals surface area (Å²) in [5.41, 5.74) is 2.65. The molecular weight excluding hydrogens is 349 g/mol. The molecule has 0 bridgehead atoms. The zero-order valence-corrected chi connectivity index (χ0v) is 13.9. The molecule has 0 aromatic heterocycles. The van der Waals surface area contributed by atoms with Gasteiger partial charge >= 0.3 is 0 Å². The number of benzene rings is 1. The van der Waals surface area contributed by atoms with Gasteiger partial charge in [0.05, 0.1) is 52.3 Å². The third-order valence-corrected chi connectivity index (χ3v) is 3.95. The first kappa shape index (κ1) is 16.3. The highest BCUT2D eigenvalue weighted by Gasteiger charge is 2.28. The first-order valence-electron chi connectivity index (χ1n) is 6.65. The van der Waals surface area contributed by atoms with Gasteiger partial charge in [0.2, 0.25) is 0 Å². The summed E-state index contributed by atoms with van der Waals surface area (Å²) < 4.78 is 1.04. The number of anilines is 1. The summed E-state index contributed by atoms with van der Waals surface area (Å²) in [6.07, 6.45) is 0.668. The largest absolute Gasteiger partial charge is 1.00 e. The number of hydrogen-bond acceptors (Lipinski definition) is 2. The number of nitrogens with zero attached hydrogens (tertiary/aromatic N) is 3. The van der Waals surface area contributed by atoms with Crippen LogP contribution in [0, 0.1) is 18.3 Å². The first-order chi connectivity index (χ1) is 8.63. The second-order valence-electron chi connectivity index (χ2n) is 5.52. The molecule has 2 rings (SSSR count). The van der Waals surface area contributed by atoms with E-state index in [1.807, 2.05) is 0 Å². The molecule has 0 saturated carbocycles. The zero-order chi connectivity index (χ0) is 13.0. The van der Waals surface area contributed by atoms with E-state index in [1.165, 1.54) is 11.3 Å². The maximum Gasteiger partial charge on any atom is 0.0963 e. The van der Waals surface area contributed by atoms with Gasteiger partial charge in [-0.3, -0.25) is 0 Å². The van der Waals surface area contributed by atoms with E-state index in [1.54, 1.807) is 0 Å². The lowest BCUT2D eigenvalue weighted by atomic mass is 10.1. The first-order valence-corrected chi connectivity index (χ1v) is 6.65. The Bertz CT molecular complexity index is 445. The van der Waals surface area contributed by atoms with Gasteiger partial charge in [0.15, 0.2) is 0 Å². The molecule has 1 heterocycles. The Hall–Kier alpha value is -0.800. The van der Waals surface area contributed by atoms with E-state index >= 15 is 0 Å². The van der Waals surface area contributed by atoms with Crippen molar-refractivity contribution in [3.8, 4) is 6.07 Å². The van der Waals surface area contributed by atoms with Crippen LogP contribution in [0.4, 0.5) is 5.69 Å². The Labute approximate surface area is 133 Å². The van der Waals surface area contributed by atoms with Crippen molar-refractivity contribution in [3.63, 3.8) is 0 Å². The molecule has 1 saturated heterocycles. The fourth-order valence-electron chi connectivity index (χ4n) is 2.57. The van der Waals surface area contributed by atoms with Gasteiger partial charge in [-0.05, 0) is 24.6 Å². The van der Waals surface area contributed by atoms with Crippen LogP contribution in [0.5, 0.6) is 0 Å². The van der Waals surface area contributed by atoms with Crippen molar-refractivity contribution in [3.05, 3.63) is 29.8 Å². The Kier molecular flexibility index (Phi) is 6.08. The molecule has 0 unspecified atom stereocenters. The SMILES string of the molecule is Cc1cccc(N2CC[N+](C)(CCC#N)CC2)c1.[I-]. The third kappa shape index (κ3) is 4.36. The lowest BCUT2D eigenvalue weighted by molar-refractivity contribution is -0.909. The van der Waals surface area contributed by atoms with Gasteiger partial charge in [0.25, 0.3) is 0 Å². The third-order valence-electron chi connectivity index (χ3n) is 3.95. The lowest BCUT2D eigenvalue weighted by Gasteiger charge is -2.42. The highest BCUT2D eigenvalue weighted by Crippen LogP contribution is 2.20. The second-order valence-corrected chi connectivity index (χ2v) is 5.52. The molecule has 1 aliphatic rings. The van der Waals surface area contributed by atoms with Gasteiger partial charge in [-0.2, -0.15) is 5.26 Å². The van der Waals surface area contributed by atoms with Crippen LogP contribution in [-0.2, 0) is 0 Å². The summed E-state index contributed by atoms with van der Waals surface area (Å²) in [4.78, 5) is 2.46. The molecule has 0 spiro atoms. The summed E-state index contributed by atoms with van der Waals surface area (Å²) in [6.45, 7) is 7.57. The minimum atomic E-state index is 0. The van der Waals surface area contributed by atoms with Gasteiger partial charge in [-0.1, -0.05) is 12.1 Å². The summed E-state index contributed by atoms with van der Waals surface area (Å²) in [5, 5.41) is 8.70. The average molecular weight is 371 g/mol. The molecule has 0 aliphatic carbocycles. The molecular formula is C15H22IN3. The number of quaternary nitrogens is 1. The molecule has 1 aromatic carbocycles. The maximum absolute atomic E-state index is 8.70. The van der Waals surface area contributed by atoms with Crippen LogP contribution in [-0.4, -0.2) is 44.3 Å². The van der Waals surface area contributed by atoms with Gasteiger partial charge < -0.3 is 33.4 Å². The van der Waals surface area contributed by atoms with E-state index in [0.29, 0.717) is 6.42 Å². The zero-order valence-electron chi connectivity index (χ0n) is 11.8. The van der Waals surface area contributed by atoms with Crippen LogP contribution >= 0.6 is 0 Å². The normalized spacial score (nSPS) is 17.4. The summed E-state index contributed by atoms with van der Waals surface area (Å²) in [5.74, 6) is 0. The number of likely N-dealkylation sites (N-methyl/N-ethyl adjacent to an activating group) is 1. The maximum atomic E-state index is 8.70.